The van der Waals surface area contributed by atoms with E-state index >= 15 is 0 Å². The van der Waals surface area contributed by atoms with E-state index in [4.69, 9.17) is 9.47 Å². The highest BCUT2D eigenvalue weighted by molar-refractivity contribution is 7.95. The van der Waals surface area contributed by atoms with E-state index in [0.29, 0.717) is 19.0 Å². The minimum absolute atomic E-state index is 0.0583. The lowest BCUT2D eigenvalue weighted by Crippen LogP contribution is -2.29. The van der Waals surface area contributed by atoms with E-state index in [0.717, 1.165) is 77.7 Å². The van der Waals surface area contributed by atoms with Gasteiger partial charge in [0.05, 0.1) is 19.8 Å². The molecule has 0 amide bonds. The van der Waals surface area contributed by atoms with Crippen LogP contribution in [0.1, 0.15) is 55.1 Å². The number of esters is 3. The number of alkyl halides is 9. The fourth-order valence-corrected chi connectivity index (χ4v) is 10.3. The maximum absolute atomic E-state index is 13.3. The standard InChI is InChI=1S/C22H21O2P.2C12H10F4O3.C8H4F4O2.C4H8O/c1-2-24-22(23)18-25(19-12-6-3-7-13-19,20-14-8-4-9-15-20)21-16-10-5-11-17-21;2*1-2-18-11(17)6-4-8-3-5-10(9(13)7-8)19-12(14,15)16;9-6-3-5(4-13)1-2-7(6)14-8(10,11)12;1-2-4-5-3-1/h3-18H,2H2,1H3;2*3-7H,2H2,1H3;1-4H;1-4H2/b;6-4+;6-4-;;. The largest absolute Gasteiger partial charge is 0.573 e. The Hall–Kier alpha value is -8.30. The van der Waals surface area contributed by atoms with Crippen LogP contribution in [0.15, 0.2) is 158 Å². The zero-order chi connectivity index (χ0) is 60.8. The van der Waals surface area contributed by atoms with Gasteiger partial charge in [-0.2, -0.15) is 0 Å². The number of hydrogen-bond donors (Lipinski definition) is 0. The minimum Gasteiger partial charge on any atom is -0.463 e. The number of halogens is 12. The second-order valence-corrected chi connectivity index (χ2v) is 19.2. The van der Waals surface area contributed by atoms with Gasteiger partial charge in [-0.05, 0) is 122 Å². The third-order valence-corrected chi connectivity index (χ3v) is 13.9. The molecular weight excluding hydrogens is 1130 g/mol. The highest BCUT2D eigenvalue weighted by Gasteiger charge is 2.34. The molecule has 0 unspecified atom stereocenters. The van der Waals surface area contributed by atoms with Gasteiger partial charge in [0.25, 0.3) is 0 Å². The van der Waals surface area contributed by atoms with Gasteiger partial charge < -0.3 is 33.2 Å². The molecule has 0 radical (unpaired) electrons. The molecule has 1 aliphatic rings. The van der Waals surface area contributed by atoms with E-state index in [2.05, 4.69) is 60.1 Å². The van der Waals surface area contributed by atoms with Crippen LogP contribution in [0.3, 0.4) is 0 Å². The van der Waals surface area contributed by atoms with E-state index < -0.39 is 72.6 Å². The van der Waals surface area contributed by atoms with Crippen LogP contribution in [0.2, 0.25) is 0 Å². The predicted molar refractivity (Wildman–Crippen MR) is 284 cm³/mol. The Kier molecular flexibility index (Phi) is 28.3. The van der Waals surface area contributed by atoms with E-state index in [1.54, 1.807) is 19.6 Å². The number of carbonyl (C=O) groups excluding carboxylic acids is 4. The van der Waals surface area contributed by atoms with Crippen molar-refractivity contribution < 1.29 is 105 Å². The van der Waals surface area contributed by atoms with Crippen LogP contribution in [0.25, 0.3) is 12.2 Å². The van der Waals surface area contributed by atoms with Gasteiger partial charge in [-0.25, -0.2) is 27.6 Å². The van der Waals surface area contributed by atoms with Crippen molar-refractivity contribution in [2.24, 2.45) is 0 Å². The second kappa shape index (κ2) is 34.1. The summed E-state index contributed by atoms with van der Waals surface area (Å²) in [6.07, 6.45) is -7.45. The molecule has 0 spiro atoms. The van der Waals surface area contributed by atoms with Crippen molar-refractivity contribution in [2.45, 2.75) is 52.7 Å². The van der Waals surface area contributed by atoms with Gasteiger partial charge in [0.15, 0.2) is 34.7 Å². The van der Waals surface area contributed by atoms with Crippen LogP contribution >= 0.6 is 6.89 Å². The molecule has 82 heavy (non-hydrogen) atoms. The molecule has 6 aromatic carbocycles. The molecule has 0 N–H and O–H groups in total. The second-order valence-electron chi connectivity index (χ2n) is 15.9. The number of carbonyl (C=O) groups is 4. The summed E-state index contributed by atoms with van der Waals surface area (Å²) < 4.78 is 175. The molecule has 1 fully saturated rings. The third-order valence-electron chi connectivity index (χ3n) is 9.98. The van der Waals surface area contributed by atoms with Crippen LogP contribution < -0.4 is 30.1 Å². The fraction of sp³-hybridized carbons (Fsp3) is 0.224. The van der Waals surface area contributed by atoms with Crippen molar-refractivity contribution >= 4 is 64.9 Å². The van der Waals surface area contributed by atoms with Crippen LogP contribution in [0.5, 0.6) is 17.2 Å². The Bertz CT molecular complexity index is 2860. The lowest BCUT2D eigenvalue weighted by atomic mass is 10.2. The Balaban J connectivity index is 0.000000283. The molecule has 0 bridgehead atoms. The van der Waals surface area contributed by atoms with Crippen molar-refractivity contribution in [3.63, 3.8) is 0 Å². The summed E-state index contributed by atoms with van der Waals surface area (Å²) in [4.78, 5) is 44.6. The zero-order valence-corrected chi connectivity index (χ0v) is 44.6. The Morgan fingerprint density at radius 1 is 0.463 bits per heavy atom. The summed E-state index contributed by atoms with van der Waals surface area (Å²) in [5.74, 6) is -6.12. The van der Waals surface area contributed by atoms with Crippen molar-refractivity contribution in [3.8, 4) is 17.2 Å². The van der Waals surface area contributed by atoms with Gasteiger partial charge in [0, 0.05) is 36.7 Å². The molecule has 6 aromatic rings. The van der Waals surface area contributed by atoms with Crippen molar-refractivity contribution in [1.82, 2.24) is 0 Å². The maximum Gasteiger partial charge on any atom is 0.573 e. The molecule has 0 saturated carbocycles. The molecule has 440 valence electrons. The fourth-order valence-electron chi connectivity index (χ4n) is 6.67. The van der Waals surface area contributed by atoms with Gasteiger partial charge in [-0.15, -0.1) is 39.5 Å². The van der Waals surface area contributed by atoms with E-state index in [9.17, 15) is 71.9 Å². The van der Waals surface area contributed by atoms with Crippen molar-refractivity contribution in [2.75, 3.05) is 33.0 Å². The number of hydrogen-bond acceptors (Lipinski definition) is 11. The first-order chi connectivity index (χ1) is 38.8. The van der Waals surface area contributed by atoms with E-state index in [-0.39, 0.29) is 35.9 Å². The highest BCUT2D eigenvalue weighted by atomic mass is 31.2. The first kappa shape index (κ1) is 68.0. The van der Waals surface area contributed by atoms with E-state index in [1.807, 2.05) is 61.5 Å². The topological polar surface area (TPSA) is 133 Å². The van der Waals surface area contributed by atoms with Crippen molar-refractivity contribution in [3.05, 3.63) is 192 Å². The summed E-state index contributed by atoms with van der Waals surface area (Å²) in [6, 6.07) is 38.8. The number of aldehydes is 1. The lowest BCUT2D eigenvalue weighted by molar-refractivity contribution is -0.276. The van der Waals surface area contributed by atoms with Crippen molar-refractivity contribution in [1.29, 1.82) is 0 Å². The maximum atomic E-state index is 13.3. The molecule has 24 heteroatoms. The molecule has 1 aliphatic heterocycles. The van der Waals surface area contributed by atoms with E-state index in [1.165, 1.54) is 37.1 Å². The smallest absolute Gasteiger partial charge is 0.463 e. The van der Waals surface area contributed by atoms with Gasteiger partial charge in [0.1, 0.15) is 6.29 Å². The predicted octanol–water partition coefficient (Wildman–Crippen LogP) is 13.3. The monoisotopic (exact) mass is 1180 g/mol. The van der Waals surface area contributed by atoms with Crippen LogP contribution in [0.4, 0.5) is 52.7 Å². The summed E-state index contributed by atoms with van der Waals surface area (Å²) in [5.41, 5.74) is 0.358. The molecule has 11 nitrogen and oxygen atoms in total. The third kappa shape index (κ3) is 25.4. The molecular formula is C58H53F12O11P. The molecule has 1 saturated heterocycles. The minimum atomic E-state index is -4.96. The highest BCUT2D eigenvalue weighted by Crippen LogP contribution is 2.43. The Morgan fingerprint density at radius 2 is 0.768 bits per heavy atom. The zero-order valence-electron chi connectivity index (χ0n) is 43.7. The molecule has 1 heterocycles. The quantitative estimate of drug-likeness (QED) is 0.0243. The Morgan fingerprint density at radius 3 is 1.04 bits per heavy atom. The summed E-state index contributed by atoms with van der Waals surface area (Å²) in [6.45, 7) is 5.58. The SMILES string of the molecule is C1CCOC1.CCOC(=O)/C=C/c1ccc(OC(F)(F)F)c(F)c1.CCOC(=O)/C=C\c1ccc(OC(F)(F)F)c(F)c1.CCOC(=O)C=P(c1ccccc1)(c1ccccc1)c1ccccc1.O=Cc1ccc(OC(F)(F)F)c(F)c1. The molecule has 0 aliphatic carbocycles. The molecule has 7 rings (SSSR count). The Labute approximate surface area is 463 Å². The average Bonchev–Trinajstić information content (AvgIpc) is 4.17. The number of rotatable bonds is 15. The molecule has 0 aromatic heterocycles. The lowest BCUT2D eigenvalue weighted by Gasteiger charge is -2.28. The first-order valence-corrected chi connectivity index (χ1v) is 26.1. The van der Waals surface area contributed by atoms with Gasteiger partial charge >= 0.3 is 37.0 Å². The van der Waals surface area contributed by atoms with Gasteiger partial charge in [-0.1, -0.05) is 103 Å². The number of ether oxygens (including phenoxy) is 7. The van der Waals surface area contributed by atoms with Gasteiger partial charge in [-0.3, -0.25) is 4.79 Å². The van der Waals surface area contributed by atoms with Crippen LogP contribution in [-0.2, 0) is 33.3 Å². The first-order valence-electron chi connectivity index (χ1n) is 24.3. The summed E-state index contributed by atoms with van der Waals surface area (Å²) >= 11 is 0. The number of benzene rings is 6. The van der Waals surface area contributed by atoms with Crippen LogP contribution in [-0.4, -0.2) is 82.1 Å². The molecule has 0 atom stereocenters. The summed E-state index contributed by atoms with van der Waals surface area (Å²) in [5, 5.41) is 3.42. The van der Waals surface area contributed by atoms with Crippen LogP contribution in [0, 0.1) is 17.5 Å². The normalized spacial score (nSPS) is 12.1. The van der Waals surface area contributed by atoms with Gasteiger partial charge in [0.2, 0.25) is 0 Å². The summed E-state index contributed by atoms with van der Waals surface area (Å²) in [7, 11) is 0. The average molecular weight is 1190 g/mol.